The average Bonchev–Trinajstić information content (AvgIpc) is 3.29. The van der Waals surface area contributed by atoms with Gasteiger partial charge in [-0.25, -0.2) is 19.1 Å². The molecule has 0 bridgehead atoms. The Kier molecular flexibility index (Phi) is 4.38. The van der Waals surface area contributed by atoms with Crippen LogP contribution < -0.4 is 5.32 Å². The molecule has 0 spiro atoms. The zero-order chi connectivity index (χ0) is 20.7. The van der Waals surface area contributed by atoms with Crippen LogP contribution in [0.1, 0.15) is 54.9 Å². The molecule has 0 fully saturated rings. The highest BCUT2D eigenvalue weighted by molar-refractivity contribution is 5.96. The number of amides is 1. The van der Waals surface area contributed by atoms with Gasteiger partial charge in [0.2, 0.25) is 0 Å². The Morgan fingerprint density at radius 2 is 2.07 bits per heavy atom. The maximum atomic E-state index is 12.7. The van der Waals surface area contributed by atoms with E-state index in [0.717, 1.165) is 27.9 Å². The van der Waals surface area contributed by atoms with E-state index in [0.29, 0.717) is 18.4 Å². The number of nitrogens with one attached hydrogen (secondary N) is 1. The van der Waals surface area contributed by atoms with Crippen molar-refractivity contribution in [3.8, 4) is 5.75 Å². The van der Waals surface area contributed by atoms with E-state index in [1.165, 1.54) is 7.11 Å². The molecule has 10 heteroatoms. The number of rotatable bonds is 4. The van der Waals surface area contributed by atoms with Crippen LogP contribution in [0.5, 0.6) is 5.75 Å². The predicted octanol–water partition coefficient (Wildman–Crippen LogP) is 1.34. The van der Waals surface area contributed by atoms with Crippen molar-refractivity contribution in [3.63, 3.8) is 0 Å². The smallest absolute Gasteiger partial charge is 0.354 e. The van der Waals surface area contributed by atoms with Crippen molar-refractivity contribution in [2.24, 2.45) is 0 Å². The first-order valence-electron chi connectivity index (χ1n) is 8.72. The zero-order valence-corrected chi connectivity index (χ0v) is 15.2. The lowest BCUT2D eigenvalue weighted by molar-refractivity contribution is 0.0599. The number of aromatic nitrogens is 3. The third kappa shape index (κ3) is 3.14. The molecule has 1 aliphatic carbocycles. The quantitative estimate of drug-likeness (QED) is 0.561. The molecular weight excluding hydrogens is 380 g/mol. The van der Waals surface area contributed by atoms with Crippen LogP contribution in [0.4, 0.5) is 0 Å². The van der Waals surface area contributed by atoms with Gasteiger partial charge in [-0.15, -0.1) is 0 Å². The van der Waals surface area contributed by atoms with Crippen molar-refractivity contribution in [1.82, 2.24) is 19.9 Å². The van der Waals surface area contributed by atoms with E-state index in [9.17, 15) is 24.6 Å². The molecule has 1 atom stereocenters. The zero-order valence-electron chi connectivity index (χ0n) is 15.2. The fourth-order valence-electron chi connectivity index (χ4n) is 3.46. The Bertz CT molecular complexity index is 1170. The van der Waals surface area contributed by atoms with Crippen LogP contribution in [0, 0.1) is 0 Å². The highest BCUT2D eigenvalue weighted by Gasteiger charge is 2.27. The van der Waals surface area contributed by atoms with Crippen molar-refractivity contribution < 1.29 is 29.3 Å². The topological polar surface area (TPSA) is 143 Å². The van der Waals surface area contributed by atoms with Gasteiger partial charge < -0.3 is 20.3 Å². The monoisotopic (exact) mass is 396 g/mol. The number of aromatic carboxylic acids is 1. The summed E-state index contributed by atoms with van der Waals surface area (Å²) in [5, 5.41) is 25.8. The van der Waals surface area contributed by atoms with E-state index >= 15 is 0 Å². The number of ether oxygens (including phenoxy) is 1. The minimum atomic E-state index is -1.31. The molecule has 29 heavy (non-hydrogen) atoms. The number of benzene rings is 1. The summed E-state index contributed by atoms with van der Waals surface area (Å²) in [6, 6.07) is 5.93. The van der Waals surface area contributed by atoms with E-state index < -0.39 is 17.8 Å². The van der Waals surface area contributed by atoms with Crippen LogP contribution in [-0.4, -0.2) is 49.8 Å². The summed E-state index contributed by atoms with van der Waals surface area (Å²) in [7, 11) is 1.31. The Labute approximate surface area is 163 Å². The van der Waals surface area contributed by atoms with Crippen molar-refractivity contribution in [1.29, 1.82) is 0 Å². The molecule has 0 unspecified atom stereocenters. The summed E-state index contributed by atoms with van der Waals surface area (Å²) >= 11 is 0. The number of esters is 1. The molecule has 1 aliphatic rings. The highest BCUT2D eigenvalue weighted by atomic mass is 16.5. The van der Waals surface area contributed by atoms with Crippen molar-refractivity contribution in [2.75, 3.05) is 7.11 Å². The molecule has 1 amide bonds. The standard InChI is InChI=1S/C19H16N4O6/c1-29-19(28)10-2-4-11-9(6-10)3-5-12(11)22-17(25)13-7-14(18(26)27)23-16(21-13)15(24)8-20-23/h2,4,6-8,12,24H,3,5H2,1H3,(H,22,25)(H,26,27)/t12-/m0/s1. The number of aromatic hydroxyl groups is 1. The lowest BCUT2D eigenvalue weighted by Gasteiger charge is -2.14. The number of hydrogen-bond donors (Lipinski definition) is 3. The number of carboxylic acid groups (broad SMARTS) is 1. The van der Waals surface area contributed by atoms with Crippen LogP contribution in [0.25, 0.3) is 5.65 Å². The minimum absolute atomic E-state index is 0.121. The number of methoxy groups -OCH3 is 1. The summed E-state index contributed by atoms with van der Waals surface area (Å²) in [5.74, 6) is -2.65. The first kappa shape index (κ1) is 18.4. The number of nitrogens with zero attached hydrogens (tertiary/aromatic N) is 3. The van der Waals surface area contributed by atoms with Gasteiger partial charge in [0.05, 0.1) is 24.9 Å². The van der Waals surface area contributed by atoms with Crippen LogP contribution in [0.3, 0.4) is 0 Å². The van der Waals surface area contributed by atoms with E-state index in [4.69, 9.17) is 4.74 Å². The Balaban J connectivity index is 1.62. The molecule has 0 saturated carbocycles. The van der Waals surface area contributed by atoms with Crippen molar-refractivity contribution in [2.45, 2.75) is 18.9 Å². The molecule has 4 rings (SSSR count). The summed E-state index contributed by atoms with van der Waals surface area (Å²) in [6.07, 6.45) is 2.35. The highest BCUT2D eigenvalue weighted by Crippen LogP contribution is 2.32. The van der Waals surface area contributed by atoms with E-state index in [2.05, 4.69) is 15.4 Å². The summed E-state index contributed by atoms with van der Waals surface area (Å²) < 4.78 is 5.67. The maximum absolute atomic E-state index is 12.7. The minimum Gasteiger partial charge on any atom is -0.503 e. The fourth-order valence-corrected chi connectivity index (χ4v) is 3.46. The third-order valence-electron chi connectivity index (χ3n) is 4.85. The Hall–Kier alpha value is -3.95. The molecule has 3 aromatic rings. The molecule has 0 saturated heterocycles. The molecular formula is C19H16N4O6. The average molecular weight is 396 g/mol. The van der Waals surface area contributed by atoms with Gasteiger partial charge in [0, 0.05) is 6.07 Å². The number of carbonyl (C=O) groups excluding carboxylic acids is 2. The second kappa shape index (κ2) is 6.89. The van der Waals surface area contributed by atoms with Crippen LogP contribution in [0.2, 0.25) is 0 Å². The summed E-state index contributed by atoms with van der Waals surface area (Å²) in [5.41, 5.74) is 1.68. The molecule has 3 N–H and O–H groups in total. The molecule has 0 radical (unpaired) electrons. The molecule has 1 aromatic carbocycles. The van der Waals surface area contributed by atoms with Crippen molar-refractivity contribution >= 4 is 23.5 Å². The Morgan fingerprint density at radius 3 is 2.79 bits per heavy atom. The first-order valence-corrected chi connectivity index (χ1v) is 8.72. The molecule has 2 aromatic heterocycles. The van der Waals surface area contributed by atoms with Gasteiger partial charge in [-0.3, -0.25) is 4.79 Å². The maximum Gasteiger partial charge on any atom is 0.354 e. The molecule has 0 aliphatic heterocycles. The van der Waals surface area contributed by atoms with Crippen LogP contribution in [0.15, 0.2) is 30.5 Å². The second-order valence-electron chi connectivity index (χ2n) is 6.57. The van der Waals surface area contributed by atoms with Gasteiger partial charge in [0.1, 0.15) is 5.69 Å². The van der Waals surface area contributed by atoms with Gasteiger partial charge in [0.25, 0.3) is 5.91 Å². The number of aryl methyl sites for hydroxylation is 1. The van der Waals surface area contributed by atoms with E-state index in [-0.39, 0.29) is 28.8 Å². The largest absolute Gasteiger partial charge is 0.503 e. The van der Waals surface area contributed by atoms with Gasteiger partial charge >= 0.3 is 11.9 Å². The number of hydrogen-bond acceptors (Lipinski definition) is 7. The number of carboxylic acids is 1. The van der Waals surface area contributed by atoms with E-state index in [1.807, 2.05) is 0 Å². The van der Waals surface area contributed by atoms with Gasteiger partial charge in [0.15, 0.2) is 17.1 Å². The molecule has 2 heterocycles. The van der Waals surface area contributed by atoms with Crippen LogP contribution >= 0.6 is 0 Å². The number of fused-ring (bicyclic) bond motifs is 2. The number of carbonyl (C=O) groups is 3. The van der Waals surface area contributed by atoms with Gasteiger partial charge in [-0.05, 0) is 36.1 Å². The lowest BCUT2D eigenvalue weighted by atomic mass is 10.0. The predicted molar refractivity (Wildman–Crippen MR) is 97.9 cm³/mol. The van der Waals surface area contributed by atoms with Crippen molar-refractivity contribution in [3.05, 3.63) is 58.5 Å². The summed E-state index contributed by atoms with van der Waals surface area (Å²) in [4.78, 5) is 39.9. The van der Waals surface area contributed by atoms with Gasteiger partial charge in [-0.2, -0.15) is 5.10 Å². The first-order chi connectivity index (χ1) is 13.9. The molecule has 10 nitrogen and oxygen atoms in total. The molecule has 148 valence electrons. The van der Waals surface area contributed by atoms with E-state index in [1.54, 1.807) is 18.2 Å². The van der Waals surface area contributed by atoms with Crippen LogP contribution in [-0.2, 0) is 11.2 Å². The SMILES string of the molecule is COC(=O)c1ccc2c(c1)CC[C@@H]2NC(=O)c1cc(C(=O)O)n2ncc(O)c2n1. The third-order valence-corrected chi connectivity index (χ3v) is 4.85. The fraction of sp³-hybridized carbons (Fsp3) is 0.211. The summed E-state index contributed by atoms with van der Waals surface area (Å²) in [6.45, 7) is 0. The second-order valence-corrected chi connectivity index (χ2v) is 6.57. The van der Waals surface area contributed by atoms with Gasteiger partial charge in [-0.1, -0.05) is 6.07 Å². The Morgan fingerprint density at radius 1 is 1.28 bits per heavy atom. The lowest BCUT2D eigenvalue weighted by Crippen LogP contribution is -2.28. The normalized spacial score (nSPS) is 15.1.